The normalized spacial score (nSPS) is 25.9. The lowest BCUT2D eigenvalue weighted by molar-refractivity contribution is -0.166. The first kappa shape index (κ1) is 62.3. The third-order valence-corrected chi connectivity index (χ3v) is 15.1. The zero-order valence-electron chi connectivity index (χ0n) is 45.2. The average molecular weight is 1120 g/mol. The predicted molar refractivity (Wildman–Crippen MR) is 283 cm³/mol. The van der Waals surface area contributed by atoms with Crippen molar-refractivity contribution >= 4 is 81.8 Å². The number of Topliss-reactive ketones (excluding diaryl/α,β-unsaturated/α-hetero) is 1. The maximum Gasteiger partial charge on any atom is 0.407 e. The Kier molecular flexibility index (Phi) is 22.2. The number of H-pyrrole nitrogens is 1. The lowest BCUT2D eigenvalue weighted by Gasteiger charge is -2.45. The predicted octanol–water partition coefficient (Wildman–Crippen LogP) is -1.65. The van der Waals surface area contributed by atoms with E-state index in [9.17, 15) is 58.5 Å². The summed E-state index contributed by atoms with van der Waals surface area (Å²) in [5, 5.41) is 54.0. The molecule has 0 aliphatic carbocycles. The van der Waals surface area contributed by atoms with Gasteiger partial charge in [-0.2, -0.15) is 0 Å². The van der Waals surface area contributed by atoms with E-state index in [2.05, 4.69) is 47.5 Å². The number of aryl methyl sites for hydroxylation is 1. The summed E-state index contributed by atoms with van der Waals surface area (Å²) in [7, 11) is 0. The fourth-order valence-electron chi connectivity index (χ4n) is 9.42. The molecule has 3 aliphatic rings. The number of amides is 9. The van der Waals surface area contributed by atoms with Crippen LogP contribution in [0.25, 0.3) is 10.9 Å². The number of ketones is 1. The maximum absolute atomic E-state index is 16.0. The number of rotatable bonds is 14. The van der Waals surface area contributed by atoms with Gasteiger partial charge >= 0.3 is 6.09 Å². The number of nitrogens with zero attached hydrogens (tertiary/aromatic N) is 1. The van der Waals surface area contributed by atoms with Crippen molar-refractivity contribution in [2.75, 3.05) is 45.1 Å². The molecule has 2 saturated heterocycles. The number of aliphatic hydroxyl groups is 3. The van der Waals surface area contributed by atoms with Crippen LogP contribution in [0.4, 0.5) is 4.79 Å². The van der Waals surface area contributed by atoms with Gasteiger partial charge in [-0.3, -0.25) is 43.2 Å². The Bertz CT molecular complexity index is 2540. The van der Waals surface area contributed by atoms with Gasteiger partial charge in [-0.15, -0.1) is 11.8 Å². The van der Waals surface area contributed by atoms with Crippen LogP contribution >= 0.6 is 11.8 Å². The minimum absolute atomic E-state index is 0.0795. The summed E-state index contributed by atoms with van der Waals surface area (Å²) in [5.41, 5.74) is 3.98. The van der Waals surface area contributed by atoms with Gasteiger partial charge in [0, 0.05) is 42.6 Å². The quantitative estimate of drug-likeness (QED) is 0.0943. The smallest absolute Gasteiger partial charge is 0.407 e. The Balaban J connectivity index is 1.68. The van der Waals surface area contributed by atoms with Crippen LogP contribution in [0.5, 0.6) is 5.75 Å². The summed E-state index contributed by atoms with van der Waals surface area (Å²) in [6.45, 7) is 8.66. The van der Waals surface area contributed by atoms with Gasteiger partial charge < -0.3 is 78.0 Å². The van der Waals surface area contributed by atoms with Gasteiger partial charge in [0.2, 0.25) is 58.8 Å². The van der Waals surface area contributed by atoms with Crippen molar-refractivity contribution in [3.63, 3.8) is 0 Å². The van der Waals surface area contributed by atoms with Crippen LogP contribution in [0.1, 0.15) is 98.5 Å². The number of carbonyl (C=O) groups excluding carboxylic acids is 10. The molecule has 5 bridgehead atoms. The van der Waals surface area contributed by atoms with E-state index in [0.29, 0.717) is 41.6 Å². The van der Waals surface area contributed by atoms with Crippen LogP contribution in [0.2, 0.25) is 0 Å². The number of benzene rings is 1. The highest BCUT2D eigenvalue weighted by atomic mass is 32.2. The van der Waals surface area contributed by atoms with E-state index in [1.807, 2.05) is 6.92 Å². The summed E-state index contributed by atoms with van der Waals surface area (Å²) in [5.74, 6) is -10.1. The molecule has 3 aliphatic heterocycles. The van der Waals surface area contributed by atoms with Crippen molar-refractivity contribution in [3.05, 3.63) is 23.8 Å². The number of ether oxygens (including phenoxy) is 2. The fourth-order valence-corrected chi connectivity index (χ4v) is 10.5. The number of nitrogens with one attached hydrogen (secondary N) is 9. The molecule has 0 radical (unpaired) electrons. The number of carbonyl (C=O) groups is 10. The number of aromatic amines is 1. The maximum atomic E-state index is 16.0. The summed E-state index contributed by atoms with van der Waals surface area (Å²) in [4.78, 5) is 143. The lowest BCUT2D eigenvalue weighted by Crippen LogP contribution is -2.68. The summed E-state index contributed by atoms with van der Waals surface area (Å²) in [6.07, 6.45) is -3.18. The van der Waals surface area contributed by atoms with Crippen LogP contribution in [0, 0.1) is 18.8 Å². The molecule has 432 valence electrons. The second kappa shape index (κ2) is 27.9. The van der Waals surface area contributed by atoms with Gasteiger partial charge in [0.1, 0.15) is 35.5 Å². The van der Waals surface area contributed by atoms with Gasteiger partial charge in [0.15, 0.2) is 0 Å². The van der Waals surface area contributed by atoms with E-state index in [0.717, 1.165) is 17.3 Å². The van der Waals surface area contributed by atoms with Gasteiger partial charge in [-0.1, -0.05) is 40.0 Å². The van der Waals surface area contributed by atoms with Gasteiger partial charge in [-0.05, 0) is 70.6 Å². The molecule has 0 spiro atoms. The zero-order valence-corrected chi connectivity index (χ0v) is 46.0. The Hall–Kier alpha value is -6.55. The van der Waals surface area contributed by atoms with E-state index >= 15 is 4.79 Å². The molecule has 5 rings (SSSR count). The number of alkyl carbamates (subject to hydrolysis) is 1. The second-order valence-corrected chi connectivity index (χ2v) is 22.1. The summed E-state index contributed by atoms with van der Waals surface area (Å²) >= 11 is 1.16. The Labute approximate surface area is 456 Å². The number of unbranched alkanes of at least 4 members (excludes halogenated alkanes) is 3. The van der Waals surface area contributed by atoms with Crippen molar-refractivity contribution in [3.8, 4) is 5.75 Å². The zero-order chi connectivity index (χ0) is 57.6. The van der Waals surface area contributed by atoms with E-state index in [1.54, 1.807) is 52.8 Å². The van der Waals surface area contributed by atoms with Crippen molar-refractivity contribution in [2.24, 2.45) is 17.6 Å². The van der Waals surface area contributed by atoms with Gasteiger partial charge in [0.05, 0.1) is 61.5 Å². The number of hydrogen-bond donors (Lipinski definition) is 13. The highest BCUT2D eigenvalue weighted by Gasteiger charge is 2.56. The van der Waals surface area contributed by atoms with Crippen LogP contribution in [-0.2, 0) is 47.9 Å². The van der Waals surface area contributed by atoms with Gasteiger partial charge in [0.25, 0.3) is 0 Å². The number of thioether (sulfide) groups is 1. The molecule has 10 atom stereocenters. The molecular weight excluding hydrogens is 1040 g/mol. The first-order chi connectivity index (χ1) is 36.8. The van der Waals surface area contributed by atoms with Crippen LogP contribution in [-0.4, -0.2) is 183 Å². The lowest BCUT2D eigenvalue weighted by atomic mass is 9.90. The number of nitrogens with two attached hydrogens (primary N) is 1. The molecule has 0 saturated carbocycles. The topological polar surface area (TPSA) is 391 Å². The molecule has 4 unspecified atom stereocenters. The van der Waals surface area contributed by atoms with Crippen LogP contribution in [0.15, 0.2) is 23.2 Å². The van der Waals surface area contributed by atoms with Crippen molar-refractivity contribution in [2.45, 2.75) is 159 Å². The first-order valence-electron chi connectivity index (χ1n) is 26.3. The number of aliphatic hydroxyl groups excluding tert-OH is 3. The molecule has 9 amide bonds. The second-order valence-electron chi connectivity index (χ2n) is 21.1. The van der Waals surface area contributed by atoms with Crippen molar-refractivity contribution < 1.29 is 72.7 Å². The minimum atomic E-state index is -2.38. The van der Waals surface area contributed by atoms with E-state index in [1.165, 1.54) is 11.8 Å². The Morgan fingerprint density at radius 2 is 1.54 bits per heavy atom. The average Bonchev–Trinajstić information content (AvgIpc) is 3.93. The van der Waals surface area contributed by atoms with Crippen molar-refractivity contribution in [1.29, 1.82) is 0 Å². The molecule has 2 fully saturated rings. The highest BCUT2D eigenvalue weighted by Crippen LogP contribution is 2.39. The molecular formula is C51H77N11O15S. The number of primary amides is 1. The Morgan fingerprint density at radius 3 is 2.21 bits per heavy atom. The molecule has 2 aromatic rings. The molecule has 4 heterocycles. The SMILES string of the molecule is CC[C@H](C)C1NC(=O)CNC(=O)CNC(=O)[C@H]([C@@H](C)[C@@H](O)CO)NC(=O)[C@@H]2CC(O)CN2C2(CCCCCCNC(=O)OC(C)(C)C)Oc3ccc4c(C)c([nH]c4c3)SCC(NC(=O)CNC1=O)C(=O)N[C@@H](CC(N)=O)C2=O. The van der Waals surface area contributed by atoms with Crippen LogP contribution in [0.3, 0.4) is 0 Å². The minimum Gasteiger partial charge on any atom is -0.465 e. The van der Waals surface area contributed by atoms with E-state index in [-0.39, 0.29) is 37.3 Å². The number of fused-ring (bicyclic) bond motifs is 9. The third-order valence-electron chi connectivity index (χ3n) is 13.9. The molecule has 14 N–H and O–H groups in total. The highest BCUT2D eigenvalue weighted by molar-refractivity contribution is 7.99. The molecule has 26 nitrogen and oxygen atoms in total. The largest absolute Gasteiger partial charge is 0.465 e. The van der Waals surface area contributed by atoms with E-state index in [4.69, 9.17) is 15.2 Å². The number of aromatic nitrogens is 1. The molecule has 27 heteroatoms. The Morgan fingerprint density at radius 1 is 0.885 bits per heavy atom. The molecule has 1 aromatic heterocycles. The first-order valence-corrected chi connectivity index (χ1v) is 27.2. The number of hydrogen-bond acceptors (Lipinski definition) is 17. The molecule has 78 heavy (non-hydrogen) atoms. The fraction of sp³-hybridized carbons (Fsp3) is 0.647. The summed E-state index contributed by atoms with van der Waals surface area (Å²) < 4.78 is 12.3. The summed E-state index contributed by atoms with van der Waals surface area (Å²) in [6, 6.07) is -2.80. The van der Waals surface area contributed by atoms with Crippen LogP contribution < -0.4 is 53.0 Å². The molecule has 1 aromatic carbocycles. The standard InChI is InChI=1S/C51H77N11O15S/c1-8-26(2)41-46(73)56-22-39(68)57-34-25-78-48-27(3)31-14-13-30(18-32(31)59-48)76-51(43(70)33(19-37(52)66)58-44(34)71,15-11-9-10-12-16-53-49(75)77-50(5,6)7)62-23-29(64)17-35(62)45(72)61-42(28(4)36(65)24-63)47(74)55-20-38(67)54-21-40(69)60-41/h13-14,18,26,28-29,33-36,41-42,59,63-65H,8-12,15-17,19-25H2,1-7H3,(H2,52,66)(H,53,75)(H,54,67)(H,55,74)(H,56,73)(H,57,68)(H,58,71)(H,60,69)(H,61,72)/t26-,28-,29?,33-,34?,35-,36-,41?,42-,51?/m0/s1. The van der Waals surface area contributed by atoms with Gasteiger partial charge in [-0.25, -0.2) is 9.69 Å². The monoisotopic (exact) mass is 1120 g/mol. The van der Waals surface area contributed by atoms with E-state index < -0.39 is 164 Å². The third kappa shape index (κ3) is 16.7. The van der Waals surface area contributed by atoms with Crippen molar-refractivity contribution in [1.82, 2.24) is 52.4 Å².